The van der Waals surface area contributed by atoms with Crippen LogP contribution in [0.1, 0.15) is 6.92 Å². The average molecular weight is 400 g/mol. The van der Waals surface area contributed by atoms with Crippen LogP contribution >= 0.6 is 23.2 Å². The Hall–Kier alpha value is -2.06. The van der Waals surface area contributed by atoms with Crippen molar-refractivity contribution < 1.29 is 31.5 Å². The van der Waals surface area contributed by atoms with Crippen molar-refractivity contribution in [1.29, 1.82) is 0 Å². The second kappa shape index (κ2) is 7.45. The van der Waals surface area contributed by atoms with E-state index < -0.39 is 46.8 Å². The third kappa shape index (κ3) is 3.96. The average Bonchev–Trinajstić information content (AvgIpc) is 2.57. The lowest BCUT2D eigenvalue weighted by molar-refractivity contribution is -0.122. The molecule has 3 nitrogen and oxygen atoms in total. The van der Waals surface area contributed by atoms with E-state index in [1.807, 2.05) is 0 Å². The Morgan fingerprint density at radius 1 is 1.00 bits per heavy atom. The number of carbonyl (C=O) groups is 1. The number of nitrogens with one attached hydrogen (secondary N) is 1. The Morgan fingerprint density at radius 2 is 1.52 bits per heavy atom. The molecule has 2 aromatic carbocycles. The summed E-state index contributed by atoms with van der Waals surface area (Å²) in [6.45, 7) is 1.19. The van der Waals surface area contributed by atoms with Crippen LogP contribution in [0.5, 0.6) is 5.75 Å². The van der Waals surface area contributed by atoms with Crippen LogP contribution in [0.2, 0.25) is 10.0 Å². The first-order valence-corrected chi connectivity index (χ1v) is 7.33. The van der Waals surface area contributed by atoms with Gasteiger partial charge in [-0.1, -0.05) is 23.2 Å². The number of benzene rings is 2. The second-order valence-corrected chi connectivity index (χ2v) is 5.61. The highest BCUT2D eigenvalue weighted by atomic mass is 35.5. The quantitative estimate of drug-likeness (QED) is 0.441. The Morgan fingerprint density at radius 3 is 2.04 bits per heavy atom. The van der Waals surface area contributed by atoms with Gasteiger partial charge in [0.05, 0.1) is 5.02 Å². The number of hydrogen-bond acceptors (Lipinski definition) is 2. The highest BCUT2D eigenvalue weighted by Gasteiger charge is 2.28. The molecule has 0 bridgehead atoms. The monoisotopic (exact) mass is 399 g/mol. The van der Waals surface area contributed by atoms with Gasteiger partial charge in [0.1, 0.15) is 11.4 Å². The van der Waals surface area contributed by atoms with Gasteiger partial charge in [-0.15, -0.1) is 0 Å². The molecule has 1 unspecified atom stereocenters. The predicted molar refractivity (Wildman–Crippen MR) is 81.4 cm³/mol. The highest BCUT2D eigenvalue weighted by molar-refractivity contribution is 6.35. The minimum absolute atomic E-state index is 0.0335. The van der Waals surface area contributed by atoms with E-state index in [0.717, 1.165) is 0 Å². The molecule has 0 radical (unpaired) electrons. The fourth-order valence-corrected chi connectivity index (χ4v) is 2.21. The molecular formula is C15H8Cl2F5NO2. The van der Waals surface area contributed by atoms with Gasteiger partial charge in [0.15, 0.2) is 29.4 Å². The molecule has 0 spiro atoms. The summed E-state index contributed by atoms with van der Waals surface area (Å²) in [4.78, 5) is 11.9. The molecule has 25 heavy (non-hydrogen) atoms. The molecule has 1 N–H and O–H groups in total. The second-order valence-electron chi connectivity index (χ2n) is 4.77. The van der Waals surface area contributed by atoms with Crippen molar-refractivity contribution in [3.8, 4) is 5.75 Å². The van der Waals surface area contributed by atoms with E-state index in [0.29, 0.717) is 5.02 Å². The molecule has 0 heterocycles. The summed E-state index contributed by atoms with van der Waals surface area (Å²) in [7, 11) is 0. The van der Waals surface area contributed by atoms with E-state index in [1.165, 1.54) is 25.1 Å². The largest absolute Gasteiger partial charge is 0.479 e. The molecule has 134 valence electrons. The maximum atomic E-state index is 13.5. The van der Waals surface area contributed by atoms with Gasteiger partial charge in [-0.2, -0.15) is 0 Å². The van der Waals surface area contributed by atoms with Crippen LogP contribution in [-0.4, -0.2) is 12.0 Å². The molecule has 0 aliphatic heterocycles. The predicted octanol–water partition coefficient (Wildman–Crippen LogP) is 5.09. The first-order chi connectivity index (χ1) is 11.6. The first-order valence-electron chi connectivity index (χ1n) is 6.57. The van der Waals surface area contributed by atoms with Crippen LogP contribution in [0.3, 0.4) is 0 Å². The van der Waals surface area contributed by atoms with Crippen LogP contribution < -0.4 is 10.1 Å². The van der Waals surface area contributed by atoms with Crippen molar-refractivity contribution in [1.82, 2.24) is 0 Å². The SMILES string of the molecule is CC(Oc1ccc(Cl)cc1Cl)C(=O)Nc1c(F)c(F)c(F)c(F)c1F. The van der Waals surface area contributed by atoms with Gasteiger partial charge in [-0.25, -0.2) is 22.0 Å². The Kier molecular flexibility index (Phi) is 5.74. The van der Waals surface area contributed by atoms with Crippen molar-refractivity contribution in [2.24, 2.45) is 0 Å². The number of amides is 1. The van der Waals surface area contributed by atoms with Gasteiger partial charge in [0.25, 0.3) is 5.91 Å². The van der Waals surface area contributed by atoms with Crippen molar-refractivity contribution in [2.75, 3.05) is 5.32 Å². The zero-order chi connectivity index (χ0) is 18.9. The highest BCUT2D eigenvalue weighted by Crippen LogP contribution is 2.30. The Labute approximate surface area is 148 Å². The lowest BCUT2D eigenvalue weighted by Crippen LogP contribution is -2.31. The fourth-order valence-electron chi connectivity index (χ4n) is 1.75. The molecule has 0 saturated carbocycles. The molecule has 0 fully saturated rings. The molecule has 0 saturated heterocycles. The van der Waals surface area contributed by atoms with E-state index in [9.17, 15) is 26.7 Å². The maximum Gasteiger partial charge on any atom is 0.265 e. The minimum Gasteiger partial charge on any atom is -0.479 e. The summed E-state index contributed by atoms with van der Waals surface area (Å²) in [6.07, 6.45) is -1.37. The number of rotatable bonds is 4. The first kappa shape index (κ1) is 19.3. The molecule has 2 aromatic rings. The molecule has 0 aliphatic carbocycles. The molecule has 10 heteroatoms. The lowest BCUT2D eigenvalue weighted by atomic mass is 10.2. The van der Waals surface area contributed by atoms with Crippen LogP contribution in [0.25, 0.3) is 0 Å². The van der Waals surface area contributed by atoms with Crippen molar-refractivity contribution in [3.63, 3.8) is 0 Å². The molecular weight excluding hydrogens is 392 g/mol. The molecule has 1 amide bonds. The van der Waals surface area contributed by atoms with E-state index in [4.69, 9.17) is 27.9 Å². The van der Waals surface area contributed by atoms with Crippen molar-refractivity contribution in [2.45, 2.75) is 13.0 Å². The summed E-state index contributed by atoms with van der Waals surface area (Å²) < 4.78 is 71.5. The standard InChI is InChI=1S/C15H8Cl2F5NO2/c1-5(25-8-3-2-6(16)4-7(8)17)15(24)23-14-12(21)10(19)9(18)11(20)13(14)22/h2-5H,1H3,(H,23,24). The van der Waals surface area contributed by atoms with Crippen LogP contribution in [0, 0.1) is 29.1 Å². The number of hydrogen-bond donors (Lipinski definition) is 1. The van der Waals surface area contributed by atoms with E-state index in [-0.39, 0.29) is 10.8 Å². The number of halogens is 7. The molecule has 1 atom stereocenters. The van der Waals surface area contributed by atoms with E-state index >= 15 is 0 Å². The van der Waals surface area contributed by atoms with E-state index in [2.05, 4.69) is 0 Å². The van der Waals surface area contributed by atoms with Gasteiger partial charge in [0, 0.05) is 5.02 Å². The summed E-state index contributed by atoms with van der Waals surface area (Å²) in [5, 5.41) is 1.97. The van der Waals surface area contributed by atoms with Crippen LogP contribution in [0.15, 0.2) is 18.2 Å². The van der Waals surface area contributed by atoms with Crippen molar-refractivity contribution in [3.05, 3.63) is 57.3 Å². The third-order valence-electron chi connectivity index (χ3n) is 3.02. The minimum atomic E-state index is -2.33. The van der Waals surface area contributed by atoms with Gasteiger partial charge >= 0.3 is 0 Å². The lowest BCUT2D eigenvalue weighted by Gasteiger charge is -2.16. The van der Waals surface area contributed by atoms with Crippen LogP contribution in [0.4, 0.5) is 27.6 Å². The van der Waals surface area contributed by atoms with Gasteiger partial charge < -0.3 is 10.1 Å². The third-order valence-corrected chi connectivity index (χ3v) is 3.56. The number of carbonyl (C=O) groups excluding carboxylic acids is 1. The van der Waals surface area contributed by atoms with Crippen LogP contribution in [-0.2, 0) is 4.79 Å². The zero-order valence-electron chi connectivity index (χ0n) is 12.3. The summed E-state index contributed by atoms with van der Waals surface area (Å²) in [5.74, 6) is -12.1. The van der Waals surface area contributed by atoms with Gasteiger partial charge in [-0.3, -0.25) is 4.79 Å². The summed E-state index contributed by atoms with van der Waals surface area (Å²) in [5.41, 5.74) is -1.47. The van der Waals surface area contributed by atoms with Gasteiger partial charge in [0.2, 0.25) is 5.82 Å². The smallest absolute Gasteiger partial charge is 0.265 e. The number of ether oxygens (including phenoxy) is 1. The number of anilines is 1. The normalized spacial score (nSPS) is 12.0. The molecule has 2 rings (SSSR count). The summed E-state index contributed by atoms with van der Waals surface area (Å²) >= 11 is 11.5. The maximum absolute atomic E-state index is 13.5. The fraction of sp³-hybridized carbons (Fsp3) is 0.133. The van der Waals surface area contributed by atoms with E-state index in [1.54, 1.807) is 5.32 Å². The topological polar surface area (TPSA) is 38.3 Å². The summed E-state index contributed by atoms with van der Waals surface area (Å²) in [6, 6.07) is 4.08. The Bertz CT molecular complexity index is 818. The Balaban J connectivity index is 2.22. The van der Waals surface area contributed by atoms with Crippen molar-refractivity contribution >= 4 is 34.8 Å². The molecule has 0 aliphatic rings. The van der Waals surface area contributed by atoms with Gasteiger partial charge in [-0.05, 0) is 25.1 Å². The zero-order valence-corrected chi connectivity index (χ0v) is 13.8. The molecule has 0 aromatic heterocycles.